The van der Waals surface area contributed by atoms with Crippen LogP contribution in [0.3, 0.4) is 0 Å². The highest BCUT2D eigenvalue weighted by Gasteiger charge is 2.29. The van der Waals surface area contributed by atoms with Crippen LogP contribution >= 0.6 is 0 Å². The van der Waals surface area contributed by atoms with Gasteiger partial charge in [0.1, 0.15) is 5.60 Å². The van der Waals surface area contributed by atoms with Crippen molar-refractivity contribution in [1.29, 1.82) is 0 Å². The normalized spacial score (nSPS) is 13.0. The lowest BCUT2D eigenvalue weighted by Crippen LogP contribution is -2.35. The zero-order chi connectivity index (χ0) is 35.3. The minimum absolute atomic E-state index is 0.0572. The number of nitrogens with one attached hydrogen (secondary N) is 2. The maximum Gasteiger partial charge on any atom is 0.414 e. The molecule has 4 aromatic rings. The molecule has 9 heteroatoms. The second-order valence-corrected chi connectivity index (χ2v) is 13.9. The molecule has 0 radical (unpaired) electrons. The van der Waals surface area contributed by atoms with E-state index >= 15 is 0 Å². The van der Waals surface area contributed by atoms with Gasteiger partial charge in [-0.1, -0.05) is 12.1 Å². The molecular weight excluding hydrogens is 614 g/mol. The number of nitrogens with zero attached hydrogens (tertiary/aromatic N) is 3. The van der Waals surface area contributed by atoms with Crippen LogP contribution in [0.1, 0.15) is 64.6 Å². The average molecular weight is 662 g/mol. The SMILES string of the molecule is CN(C)c1ccc(C(=O)Nc2ccc3c(c2)CCC3)cc1.CN(C)c1ccc(C(=O)Nc2ccc3c(c2)N(C(=O)OC(C)(C)C)CC3)cc1. The van der Waals surface area contributed by atoms with Crippen molar-refractivity contribution in [2.45, 2.75) is 52.1 Å². The third-order valence-electron chi connectivity index (χ3n) is 8.50. The summed E-state index contributed by atoms with van der Waals surface area (Å²) in [4.78, 5) is 42.9. The van der Waals surface area contributed by atoms with Crippen molar-refractivity contribution in [3.63, 3.8) is 0 Å². The molecule has 2 N–H and O–H groups in total. The fourth-order valence-electron chi connectivity index (χ4n) is 5.84. The molecule has 1 aliphatic carbocycles. The third-order valence-corrected chi connectivity index (χ3v) is 8.50. The zero-order valence-corrected chi connectivity index (χ0v) is 29.6. The molecule has 0 atom stereocenters. The van der Waals surface area contributed by atoms with E-state index in [4.69, 9.17) is 4.74 Å². The fourth-order valence-corrected chi connectivity index (χ4v) is 5.84. The number of rotatable bonds is 6. The van der Waals surface area contributed by atoms with E-state index in [-0.39, 0.29) is 17.9 Å². The van der Waals surface area contributed by atoms with Gasteiger partial charge in [0, 0.05) is 68.6 Å². The molecule has 256 valence electrons. The van der Waals surface area contributed by atoms with Crippen LogP contribution < -0.4 is 25.3 Å². The largest absolute Gasteiger partial charge is 0.443 e. The number of ether oxygens (including phenoxy) is 1. The van der Waals surface area contributed by atoms with E-state index in [9.17, 15) is 14.4 Å². The van der Waals surface area contributed by atoms with Crippen LogP contribution in [0.15, 0.2) is 84.9 Å². The summed E-state index contributed by atoms with van der Waals surface area (Å²) in [6.07, 6.45) is 3.91. The summed E-state index contributed by atoms with van der Waals surface area (Å²) in [5.41, 5.74) is 9.01. The summed E-state index contributed by atoms with van der Waals surface area (Å²) in [6, 6.07) is 26.9. The first-order chi connectivity index (χ1) is 23.3. The number of benzene rings is 4. The second kappa shape index (κ2) is 14.8. The standard InChI is InChI=1S/C22H27N3O3.C18H20N2O/c1-22(2,3)28-21(27)25-13-12-15-6-9-17(14-19(15)25)23-20(26)16-7-10-18(11-8-16)24(4)5;1-20(2)17-10-7-14(8-11-17)18(21)19-16-9-6-13-4-3-5-15(13)12-16/h6-11,14H,12-13H2,1-5H3,(H,23,26);6-12H,3-5H2,1-2H3,(H,19,21). The van der Waals surface area contributed by atoms with Crippen LogP contribution in [0.25, 0.3) is 0 Å². The molecule has 0 unspecified atom stereocenters. The summed E-state index contributed by atoms with van der Waals surface area (Å²) >= 11 is 0. The van der Waals surface area contributed by atoms with Gasteiger partial charge in [0.15, 0.2) is 0 Å². The molecule has 0 bridgehead atoms. The van der Waals surface area contributed by atoms with E-state index in [1.54, 1.807) is 17.0 Å². The molecule has 3 amide bonds. The molecular formula is C40H47N5O4. The van der Waals surface area contributed by atoms with Crippen LogP contribution in [0, 0.1) is 0 Å². The first kappa shape index (κ1) is 35.0. The van der Waals surface area contributed by atoms with Gasteiger partial charge in [0.2, 0.25) is 0 Å². The lowest BCUT2D eigenvalue weighted by atomic mass is 10.1. The molecule has 6 rings (SSSR count). The van der Waals surface area contributed by atoms with Crippen molar-refractivity contribution >= 4 is 46.3 Å². The molecule has 49 heavy (non-hydrogen) atoms. The molecule has 0 aromatic heterocycles. The average Bonchev–Trinajstić information content (AvgIpc) is 3.71. The summed E-state index contributed by atoms with van der Waals surface area (Å²) in [6.45, 7) is 6.12. The molecule has 0 saturated heterocycles. The number of fused-ring (bicyclic) bond motifs is 2. The smallest absolute Gasteiger partial charge is 0.414 e. The van der Waals surface area contributed by atoms with Gasteiger partial charge >= 0.3 is 6.09 Å². The molecule has 1 aliphatic heterocycles. The molecule has 0 fully saturated rings. The molecule has 0 spiro atoms. The van der Waals surface area contributed by atoms with Gasteiger partial charge in [-0.3, -0.25) is 14.5 Å². The highest BCUT2D eigenvalue weighted by atomic mass is 16.6. The van der Waals surface area contributed by atoms with Crippen LogP contribution in [-0.4, -0.2) is 58.2 Å². The Hall–Kier alpha value is -5.31. The Morgan fingerprint density at radius 3 is 1.63 bits per heavy atom. The van der Waals surface area contributed by atoms with E-state index in [2.05, 4.69) is 22.8 Å². The highest BCUT2D eigenvalue weighted by molar-refractivity contribution is 6.05. The number of carbonyl (C=O) groups is 3. The van der Waals surface area contributed by atoms with E-state index < -0.39 is 5.60 Å². The van der Waals surface area contributed by atoms with Crippen LogP contribution in [0.4, 0.5) is 33.2 Å². The number of hydrogen-bond donors (Lipinski definition) is 2. The number of amides is 3. The van der Waals surface area contributed by atoms with Gasteiger partial charge < -0.3 is 25.2 Å². The van der Waals surface area contributed by atoms with Gasteiger partial charge in [-0.15, -0.1) is 0 Å². The monoisotopic (exact) mass is 661 g/mol. The van der Waals surface area contributed by atoms with Crippen molar-refractivity contribution < 1.29 is 19.1 Å². The Morgan fingerprint density at radius 1 is 0.633 bits per heavy atom. The Kier molecular flexibility index (Phi) is 10.6. The summed E-state index contributed by atoms with van der Waals surface area (Å²) in [5.74, 6) is -0.245. The predicted octanol–water partition coefficient (Wildman–Crippen LogP) is 7.80. The quantitative estimate of drug-likeness (QED) is 0.219. The number of anilines is 5. The molecule has 4 aromatic carbocycles. The lowest BCUT2D eigenvalue weighted by molar-refractivity contribution is 0.0583. The minimum atomic E-state index is -0.551. The van der Waals surface area contributed by atoms with Gasteiger partial charge in [-0.2, -0.15) is 0 Å². The first-order valence-electron chi connectivity index (χ1n) is 16.7. The Balaban J connectivity index is 0.000000199. The lowest BCUT2D eigenvalue weighted by Gasteiger charge is -2.25. The maximum atomic E-state index is 12.6. The Bertz CT molecular complexity index is 1810. The van der Waals surface area contributed by atoms with Gasteiger partial charge in [-0.05, 0) is 136 Å². The van der Waals surface area contributed by atoms with E-state index in [1.165, 1.54) is 17.5 Å². The van der Waals surface area contributed by atoms with E-state index in [0.29, 0.717) is 23.4 Å². The Morgan fingerprint density at radius 2 is 1.12 bits per heavy atom. The highest BCUT2D eigenvalue weighted by Crippen LogP contribution is 2.32. The molecule has 0 saturated carbocycles. The molecule has 2 aliphatic rings. The molecule has 1 heterocycles. The number of aryl methyl sites for hydroxylation is 2. The fraction of sp³-hybridized carbons (Fsp3) is 0.325. The van der Waals surface area contributed by atoms with Crippen molar-refractivity contribution in [2.75, 3.05) is 60.1 Å². The predicted molar refractivity (Wildman–Crippen MR) is 200 cm³/mol. The number of hydrogen-bond acceptors (Lipinski definition) is 6. The molecule has 9 nitrogen and oxygen atoms in total. The van der Waals surface area contributed by atoms with E-state index in [1.807, 2.05) is 119 Å². The second-order valence-electron chi connectivity index (χ2n) is 13.9. The van der Waals surface area contributed by atoms with Crippen molar-refractivity contribution in [2.24, 2.45) is 0 Å². The van der Waals surface area contributed by atoms with Crippen molar-refractivity contribution in [3.8, 4) is 0 Å². The third kappa shape index (κ3) is 8.99. The number of carbonyl (C=O) groups excluding carboxylic acids is 3. The zero-order valence-electron chi connectivity index (χ0n) is 29.6. The summed E-state index contributed by atoms with van der Waals surface area (Å²) < 4.78 is 5.49. The van der Waals surface area contributed by atoms with Gasteiger partial charge in [-0.25, -0.2) is 4.79 Å². The summed E-state index contributed by atoms with van der Waals surface area (Å²) in [5, 5.41) is 5.90. The van der Waals surface area contributed by atoms with Crippen LogP contribution in [-0.2, 0) is 24.0 Å². The van der Waals surface area contributed by atoms with Gasteiger partial charge in [0.05, 0.1) is 5.69 Å². The Labute approximate surface area is 289 Å². The maximum absolute atomic E-state index is 12.6. The minimum Gasteiger partial charge on any atom is -0.443 e. The first-order valence-corrected chi connectivity index (χ1v) is 16.7. The topological polar surface area (TPSA) is 94.2 Å². The van der Waals surface area contributed by atoms with E-state index in [0.717, 1.165) is 47.6 Å². The van der Waals surface area contributed by atoms with Crippen LogP contribution in [0.2, 0.25) is 0 Å². The van der Waals surface area contributed by atoms with Crippen molar-refractivity contribution in [3.05, 3.63) is 113 Å². The van der Waals surface area contributed by atoms with Crippen LogP contribution in [0.5, 0.6) is 0 Å². The van der Waals surface area contributed by atoms with Gasteiger partial charge in [0.25, 0.3) is 11.8 Å². The van der Waals surface area contributed by atoms with Crippen molar-refractivity contribution in [1.82, 2.24) is 0 Å². The summed E-state index contributed by atoms with van der Waals surface area (Å²) in [7, 11) is 7.88.